The molecule has 1 unspecified atom stereocenters. The highest BCUT2D eigenvalue weighted by Crippen LogP contribution is 2.25. The van der Waals surface area contributed by atoms with Crippen LogP contribution in [0, 0.1) is 0 Å². The molecule has 2 rings (SSSR count). The smallest absolute Gasteiger partial charge is 0.196 e. The van der Waals surface area contributed by atoms with Crippen molar-refractivity contribution in [1.29, 1.82) is 0 Å². The zero-order chi connectivity index (χ0) is 9.42. The monoisotopic (exact) mass is 195 g/mol. The Labute approximate surface area is 77.9 Å². The van der Waals surface area contributed by atoms with Crippen LogP contribution >= 0.6 is 0 Å². The van der Waals surface area contributed by atoms with E-state index in [1.165, 1.54) is 0 Å². The van der Waals surface area contributed by atoms with Crippen LogP contribution in [-0.2, 0) is 10.8 Å². The third-order valence-electron chi connectivity index (χ3n) is 1.98. The number of aromatic amines is 1. The van der Waals surface area contributed by atoms with Crippen molar-refractivity contribution in [2.24, 2.45) is 0 Å². The van der Waals surface area contributed by atoms with Gasteiger partial charge < -0.3 is 10.1 Å². The molecule has 0 bridgehead atoms. The summed E-state index contributed by atoms with van der Waals surface area (Å²) in [5.41, 5.74) is 0. The van der Waals surface area contributed by atoms with Crippen LogP contribution in [0.5, 0.6) is 5.88 Å². The van der Waals surface area contributed by atoms with Gasteiger partial charge in [-0.1, -0.05) is 6.07 Å². The van der Waals surface area contributed by atoms with Crippen molar-refractivity contribution < 1.29 is 9.32 Å². The molecule has 1 aromatic heterocycles. The molecule has 1 aromatic carbocycles. The molecule has 1 atom stereocenters. The fourth-order valence-corrected chi connectivity index (χ4v) is 1.81. The molecule has 0 saturated heterocycles. The first-order valence-electron chi connectivity index (χ1n) is 3.82. The summed E-state index contributed by atoms with van der Waals surface area (Å²) in [7, 11) is -1.00. The van der Waals surface area contributed by atoms with Gasteiger partial charge in [0.1, 0.15) is 0 Å². The number of hydrogen-bond acceptors (Lipinski definition) is 2. The minimum Gasteiger partial charge on any atom is -0.494 e. The minimum atomic E-state index is -1.00. The standard InChI is InChI=1S/C9H9NO2S/c1-13(12)7-3-2-6-5-10-9(11)8(6)4-7/h2-5,10-11H,1H3. The van der Waals surface area contributed by atoms with Crippen molar-refractivity contribution in [3.63, 3.8) is 0 Å². The van der Waals surface area contributed by atoms with Crippen LogP contribution in [0.4, 0.5) is 0 Å². The number of H-pyrrole nitrogens is 1. The van der Waals surface area contributed by atoms with Crippen LogP contribution in [-0.4, -0.2) is 20.6 Å². The Morgan fingerprint density at radius 3 is 2.92 bits per heavy atom. The zero-order valence-electron chi connectivity index (χ0n) is 7.07. The van der Waals surface area contributed by atoms with Gasteiger partial charge in [0.25, 0.3) is 0 Å². The Bertz CT molecular complexity index is 475. The summed E-state index contributed by atoms with van der Waals surface area (Å²) in [5, 5.41) is 11.0. The van der Waals surface area contributed by atoms with Gasteiger partial charge in [0.2, 0.25) is 0 Å². The van der Waals surface area contributed by atoms with Crippen LogP contribution in [0.1, 0.15) is 0 Å². The number of benzene rings is 1. The summed E-state index contributed by atoms with van der Waals surface area (Å²) in [6, 6.07) is 5.37. The van der Waals surface area contributed by atoms with Crippen LogP contribution < -0.4 is 0 Å². The van der Waals surface area contributed by atoms with E-state index >= 15 is 0 Å². The minimum absolute atomic E-state index is 0.127. The summed E-state index contributed by atoms with van der Waals surface area (Å²) in [5.74, 6) is 0.127. The molecule has 0 aliphatic rings. The van der Waals surface area contributed by atoms with E-state index in [9.17, 15) is 9.32 Å². The van der Waals surface area contributed by atoms with Gasteiger partial charge >= 0.3 is 0 Å². The van der Waals surface area contributed by atoms with E-state index in [4.69, 9.17) is 0 Å². The third-order valence-corrected chi connectivity index (χ3v) is 2.89. The number of fused-ring (bicyclic) bond motifs is 1. The number of rotatable bonds is 1. The van der Waals surface area contributed by atoms with E-state index in [2.05, 4.69) is 4.98 Å². The Balaban J connectivity index is 2.72. The lowest BCUT2D eigenvalue weighted by molar-refractivity contribution is 0.462. The predicted octanol–water partition coefficient (Wildman–Crippen LogP) is 1.61. The first-order valence-corrected chi connectivity index (χ1v) is 5.38. The molecular weight excluding hydrogens is 186 g/mol. The largest absolute Gasteiger partial charge is 0.494 e. The highest BCUT2D eigenvalue weighted by atomic mass is 32.2. The Morgan fingerprint density at radius 1 is 1.46 bits per heavy atom. The van der Waals surface area contributed by atoms with Gasteiger partial charge in [-0.15, -0.1) is 0 Å². The molecule has 0 amide bonds. The fourth-order valence-electron chi connectivity index (χ4n) is 1.27. The quantitative estimate of drug-likeness (QED) is 0.726. The predicted molar refractivity (Wildman–Crippen MR) is 52.3 cm³/mol. The van der Waals surface area contributed by atoms with E-state index in [1.54, 1.807) is 24.6 Å². The SMILES string of the molecule is CS(=O)c1ccc2c[nH]c(O)c2c1. The van der Waals surface area contributed by atoms with E-state index < -0.39 is 10.8 Å². The van der Waals surface area contributed by atoms with Gasteiger partial charge in [-0.05, 0) is 12.1 Å². The number of aromatic nitrogens is 1. The molecule has 0 aliphatic heterocycles. The van der Waals surface area contributed by atoms with Gasteiger partial charge in [-0.25, -0.2) is 0 Å². The lowest BCUT2D eigenvalue weighted by Crippen LogP contribution is -1.85. The maximum atomic E-state index is 11.1. The number of nitrogens with one attached hydrogen (secondary N) is 1. The van der Waals surface area contributed by atoms with Crippen molar-refractivity contribution in [3.8, 4) is 5.88 Å². The van der Waals surface area contributed by atoms with E-state index in [0.29, 0.717) is 5.39 Å². The van der Waals surface area contributed by atoms with E-state index in [1.807, 2.05) is 6.07 Å². The molecule has 0 spiro atoms. The summed E-state index contributed by atoms with van der Waals surface area (Å²) in [6.07, 6.45) is 3.33. The Morgan fingerprint density at radius 2 is 2.23 bits per heavy atom. The molecule has 0 fully saturated rings. The van der Waals surface area contributed by atoms with Crippen molar-refractivity contribution in [2.75, 3.05) is 6.26 Å². The van der Waals surface area contributed by atoms with Gasteiger partial charge in [0.05, 0.1) is 0 Å². The maximum Gasteiger partial charge on any atom is 0.196 e. The summed E-state index contributed by atoms with van der Waals surface area (Å²) in [4.78, 5) is 3.42. The van der Waals surface area contributed by atoms with Crippen LogP contribution in [0.3, 0.4) is 0 Å². The van der Waals surface area contributed by atoms with Crippen LogP contribution in [0.2, 0.25) is 0 Å². The van der Waals surface area contributed by atoms with Gasteiger partial charge in [0, 0.05) is 38.9 Å². The molecule has 3 nitrogen and oxygen atoms in total. The summed E-state index contributed by atoms with van der Waals surface area (Å²) < 4.78 is 11.1. The topological polar surface area (TPSA) is 53.1 Å². The Kier molecular flexibility index (Phi) is 1.84. The molecule has 0 aliphatic carbocycles. The van der Waals surface area contributed by atoms with Crippen molar-refractivity contribution in [2.45, 2.75) is 4.90 Å². The number of aromatic hydroxyl groups is 1. The second kappa shape index (κ2) is 2.88. The normalized spacial score (nSPS) is 13.3. The van der Waals surface area contributed by atoms with Crippen LogP contribution in [0.25, 0.3) is 10.8 Å². The lowest BCUT2D eigenvalue weighted by Gasteiger charge is -1.96. The van der Waals surface area contributed by atoms with Crippen LogP contribution in [0.15, 0.2) is 29.3 Å². The lowest BCUT2D eigenvalue weighted by atomic mass is 10.2. The van der Waals surface area contributed by atoms with E-state index in [-0.39, 0.29) is 5.88 Å². The zero-order valence-corrected chi connectivity index (χ0v) is 7.89. The average molecular weight is 195 g/mol. The first kappa shape index (κ1) is 8.31. The molecular formula is C9H9NO2S. The maximum absolute atomic E-state index is 11.1. The molecule has 0 radical (unpaired) electrons. The van der Waals surface area contributed by atoms with Crippen molar-refractivity contribution in [1.82, 2.24) is 4.98 Å². The van der Waals surface area contributed by atoms with Crippen molar-refractivity contribution in [3.05, 3.63) is 24.4 Å². The second-order valence-corrected chi connectivity index (χ2v) is 4.22. The summed E-state index contributed by atoms with van der Waals surface area (Å²) >= 11 is 0. The second-order valence-electron chi connectivity index (χ2n) is 2.84. The third kappa shape index (κ3) is 1.33. The molecule has 13 heavy (non-hydrogen) atoms. The molecule has 2 aromatic rings. The molecule has 2 N–H and O–H groups in total. The summed E-state index contributed by atoms with van der Waals surface area (Å²) in [6.45, 7) is 0. The number of hydrogen-bond donors (Lipinski definition) is 2. The molecule has 4 heteroatoms. The first-order chi connectivity index (χ1) is 6.18. The molecule has 1 heterocycles. The van der Waals surface area contributed by atoms with Gasteiger partial charge in [0.15, 0.2) is 5.88 Å². The molecule has 68 valence electrons. The molecule has 0 saturated carbocycles. The van der Waals surface area contributed by atoms with Gasteiger partial charge in [-0.2, -0.15) is 0 Å². The Hall–Kier alpha value is -1.29. The highest BCUT2D eigenvalue weighted by Gasteiger charge is 2.04. The van der Waals surface area contributed by atoms with Crippen molar-refractivity contribution >= 4 is 21.6 Å². The highest BCUT2D eigenvalue weighted by molar-refractivity contribution is 7.84. The van der Waals surface area contributed by atoms with E-state index in [0.717, 1.165) is 10.3 Å². The fraction of sp³-hybridized carbons (Fsp3) is 0.111. The average Bonchev–Trinajstić information content (AvgIpc) is 2.47. The van der Waals surface area contributed by atoms with Gasteiger partial charge in [-0.3, -0.25) is 4.21 Å².